The number of hydrogen-bond donors (Lipinski definition) is 2. The molecule has 0 saturated carbocycles. The number of rotatable bonds is 8. The number of methoxy groups -OCH3 is 3. The van der Waals surface area contributed by atoms with Crippen molar-refractivity contribution in [3.63, 3.8) is 0 Å². The molecule has 8 nitrogen and oxygen atoms in total. The van der Waals surface area contributed by atoms with Gasteiger partial charge in [-0.15, -0.1) is 0 Å². The van der Waals surface area contributed by atoms with Crippen molar-refractivity contribution in [1.29, 1.82) is 0 Å². The van der Waals surface area contributed by atoms with E-state index in [1.165, 1.54) is 33.5 Å². The summed E-state index contributed by atoms with van der Waals surface area (Å²) < 4.78 is 20.9. The molecule has 0 aliphatic carbocycles. The van der Waals surface area contributed by atoms with E-state index in [0.29, 0.717) is 30.3 Å². The Hall–Kier alpha value is -2.48. The van der Waals surface area contributed by atoms with Gasteiger partial charge in [-0.2, -0.15) is 0 Å². The van der Waals surface area contributed by atoms with E-state index in [4.69, 9.17) is 18.9 Å². The molecule has 2 amide bonds. The highest BCUT2D eigenvalue weighted by molar-refractivity contribution is 5.97. The quantitative estimate of drug-likeness (QED) is 0.693. The van der Waals surface area contributed by atoms with E-state index in [-0.39, 0.29) is 5.56 Å². The van der Waals surface area contributed by atoms with Crippen LogP contribution in [-0.4, -0.2) is 45.9 Å². The standard InChI is InChI=1S/C16H24N2O6/c1-6-11(24-7-2)16(20)18-17-15(19)10-8-12(21-3)14(23-5)13(9-10)22-4/h8-9,11H,6-7H2,1-5H3,(H,17,19)(H,18,20)/t11-/m0/s1. The minimum atomic E-state index is -0.616. The summed E-state index contributed by atoms with van der Waals surface area (Å²) in [5.41, 5.74) is 4.93. The molecule has 24 heavy (non-hydrogen) atoms. The van der Waals surface area contributed by atoms with Crippen molar-refractivity contribution >= 4 is 11.8 Å². The van der Waals surface area contributed by atoms with Crippen LogP contribution >= 0.6 is 0 Å². The minimum absolute atomic E-state index is 0.245. The predicted molar refractivity (Wildman–Crippen MR) is 87.4 cm³/mol. The molecule has 0 spiro atoms. The first-order valence-corrected chi connectivity index (χ1v) is 7.54. The van der Waals surface area contributed by atoms with Crippen molar-refractivity contribution in [2.45, 2.75) is 26.4 Å². The fourth-order valence-electron chi connectivity index (χ4n) is 2.06. The molecule has 1 aromatic rings. The monoisotopic (exact) mass is 340 g/mol. The fourth-order valence-corrected chi connectivity index (χ4v) is 2.06. The molecule has 0 aliphatic rings. The predicted octanol–water partition coefficient (Wildman–Crippen LogP) is 1.29. The number of hydrazine groups is 1. The van der Waals surface area contributed by atoms with Crippen molar-refractivity contribution in [3.05, 3.63) is 17.7 Å². The summed E-state index contributed by atoms with van der Waals surface area (Å²) in [6, 6.07) is 2.98. The van der Waals surface area contributed by atoms with Crippen LogP contribution in [-0.2, 0) is 9.53 Å². The number of carbonyl (C=O) groups is 2. The summed E-state index contributed by atoms with van der Waals surface area (Å²) in [5, 5.41) is 0. The highest BCUT2D eigenvalue weighted by Crippen LogP contribution is 2.38. The highest BCUT2D eigenvalue weighted by Gasteiger charge is 2.19. The Balaban J connectivity index is 2.86. The number of nitrogens with one attached hydrogen (secondary N) is 2. The third kappa shape index (κ3) is 4.76. The third-order valence-electron chi connectivity index (χ3n) is 3.26. The van der Waals surface area contributed by atoms with Gasteiger partial charge in [0.2, 0.25) is 5.75 Å². The SMILES string of the molecule is CCO[C@@H](CC)C(=O)NNC(=O)c1cc(OC)c(OC)c(OC)c1. The van der Waals surface area contributed by atoms with E-state index in [9.17, 15) is 9.59 Å². The first-order valence-electron chi connectivity index (χ1n) is 7.54. The smallest absolute Gasteiger partial charge is 0.269 e. The Morgan fingerprint density at radius 1 is 1.00 bits per heavy atom. The zero-order chi connectivity index (χ0) is 18.1. The van der Waals surface area contributed by atoms with E-state index >= 15 is 0 Å². The van der Waals surface area contributed by atoms with E-state index in [1.54, 1.807) is 6.92 Å². The molecule has 1 aromatic carbocycles. The molecule has 134 valence electrons. The van der Waals surface area contributed by atoms with Crippen molar-refractivity contribution in [2.24, 2.45) is 0 Å². The van der Waals surface area contributed by atoms with Crippen LogP contribution in [0.15, 0.2) is 12.1 Å². The van der Waals surface area contributed by atoms with Gasteiger partial charge in [-0.25, -0.2) is 0 Å². The molecule has 1 atom stereocenters. The van der Waals surface area contributed by atoms with Crippen LogP contribution in [0.3, 0.4) is 0 Å². The van der Waals surface area contributed by atoms with Crippen molar-refractivity contribution in [2.75, 3.05) is 27.9 Å². The van der Waals surface area contributed by atoms with Crippen LogP contribution < -0.4 is 25.1 Å². The molecule has 1 rings (SSSR count). The van der Waals surface area contributed by atoms with Crippen molar-refractivity contribution in [3.8, 4) is 17.2 Å². The summed E-state index contributed by atoms with van der Waals surface area (Å²) in [4.78, 5) is 24.2. The van der Waals surface area contributed by atoms with Gasteiger partial charge < -0.3 is 18.9 Å². The number of amides is 2. The van der Waals surface area contributed by atoms with Crippen LogP contribution in [0.4, 0.5) is 0 Å². The van der Waals surface area contributed by atoms with Gasteiger partial charge in [-0.3, -0.25) is 20.4 Å². The largest absolute Gasteiger partial charge is 0.493 e. The summed E-state index contributed by atoms with van der Waals surface area (Å²) in [6.45, 7) is 4.03. The second-order valence-corrected chi connectivity index (χ2v) is 4.71. The van der Waals surface area contributed by atoms with Gasteiger partial charge in [0.1, 0.15) is 6.10 Å². The molecule has 0 unspecified atom stereocenters. The van der Waals surface area contributed by atoms with Crippen LogP contribution in [0.1, 0.15) is 30.6 Å². The van der Waals surface area contributed by atoms with Gasteiger partial charge in [0, 0.05) is 12.2 Å². The molecular weight excluding hydrogens is 316 g/mol. The molecular formula is C16H24N2O6. The maximum atomic E-state index is 12.2. The van der Waals surface area contributed by atoms with Gasteiger partial charge in [0.25, 0.3) is 11.8 Å². The second kappa shape index (κ2) is 9.61. The van der Waals surface area contributed by atoms with E-state index < -0.39 is 17.9 Å². The number of hydrogen-bond acceptors (Lipinski definition) is 6. The fraction of sp³-hybridized carbons (Fsp3) is 0.500. The maximum Gasteiger partial charge on any atom is 0.269 e. The lowest BCUT2D eigenvalue weighted by Gasteiger charge is -2.16. The van der Waals surface area contributed by atoms with Crippen molar-refractivity contribution < 1.29 is 28.5 Å². The van der Waals surface area contributed by atoms with Crippen LogP contribution in [0.25, 0.3) is 0 Å². The zero-order valence-electron chi connectivity index (χ0n) is 14.6. The summed E-state index contributed by atoms with van der Waals surface area (Å²) in [7, 11) is 4.38. The second-order valence-electron chi connectivity index (χ2n) is 4.71. The Morgan fingerprint density at radius 3 is 2.00 bits per heavy atom. The lowest BCUT2D eigenvalue weighted by molar-refractivity contribution is -0.133. The Kier molecular flexibility index (Phi) is 7.84. The Bertz CT molecular complexity index is 551. The summed E-state index contributed by atoms with van der Waals surface area (Å²) >= 11 is 0. The zero-order valence-corrected chi connectivity index (χ0v) is 14.6. The van der Waals surface area contributed by atoms with Crippen LogP contribution in [0.2, 0.25) is 0 Å². The molecule has 0 radical (unpaired) electrons. The molecule has 0 aliphatic heterocycles. The number of ether oxygens (including phenoxy) is 4. The average molecular weight is 340 g/mol. The first-order chi connectivity index (χ1) is 11.5. The highest BCUT2D eigenvalue weighted by atomic mass is 16.5. The molecule has 0 heterocycles. The average Bonchev–Trinajstić information content (AvgIpc) is 2.62. The summed E-state index contributed by atoms with van der Waals surface area (Å²) in [5.74, 6) is 0.125. The molecule has 0 aromatic heterocycles. The number of benzene rings is 1. The topological polar surface area (TPSA) is 95.1 Å². The van der Waals surface area contributed by atoms with Crippen LogP contribution in [0, 0.1) is 0 Å². The molecule has 0 bridgehead atoms. The molecule has 2 N–H and O–H groups in total. The normalized spacial score (nSPS) is 11.4. The van der Waals surface area contributed by atoms with Gasteiger partial charge in [-0.1, -0.05) is 6.92 Å². The lowest BCUT2D eigenvalue weighted by Crippen LogP contribution is -2.47. The van der Waals surface area contributed by atoms with E-state index in [1.807, 2.05) is 6.92 Å². The minimum Gasteiger partial charge on any atom is -0.493 e. The lowest BCUT2D eigenvalue weighted by atomic mass is 10.1. The summed E-state index contributed by atoms with van der Waals surface area (Å²) in [6.07, 6.45) is -0.116. The molecule has 8 heteroatoms. The first kappa shape index (κ1) is 19.6. The van der Waals surface area contributed by atoms with Gasteiger partial charge >= 0.3 is 0 Å². The van der Waals surface area contributed by atoms with E-state index in [2.05, 4.69) is 10.9 Å². The number of carbonyl (C=O) groups excluding carboxylic acids is 2. The maximum absolute atomic E-state index is 12.2. The molecule has 0 fully saturated rings. The van der Waals surface area contributed by atoms with Gasteiger partial charge in [0.05, 0.1) is 21.3 Å². The van der Waals surface area contributed by atoms with Gasteiger partial charge in [-0.05, 0) is 25.5 Å². The molecule has 0 saturated heterocycles. The Morgan fingerprint density at radius 2 is 1.58 bits per heavy atom. The Labute approximate surface area is 141 Å². The van der Waals surface area contributed by atoms with Gasteiger partial charge in [0.15, 0.2) is 11.5 Å². The third-order valence-corrected chi connectivity index (χ3v) is 3.26. The van der Waals surface area contributed by atoms with Crippen molar-refractivity contribution in [1.82, 2.24) is 10.9 Å². The van der Waals surface area contributed by atoms with E-state index in [0.717, 1.165) is 0 Å². The van der Waals surface area contributed by atoms with Crippen LogP contribution in [0.5, 0.6) is 17.2 Å².